The molecule has 2 amide bonds. The summed E-state index contributed by atoms with van der Waals surface area (Å²) in [5.74, 6) is -0.244. The van der Waals surface area contributed by atoms with Crippen molar-refractivity contribution in [2.45, 2.75) is 26.7 Å². The molecule has 142 valence electrons. The highest BCUT2D eigenvalue weighted by atomic mass is 16.2. The SMILES string of the molecule is Cc1ccc(NC(=O)CN(C)C(=O)CN2CCCc3cc(C)ccc32)cc1. The van der Waals surface area contributed by atoms with Gasteiger partial charge < -0.3 is 15.1 Å². The third-order valence-electron chi connectivity index (χ3n) is 4.92. The van der Waals surface area contributed by atoms with Crippen molar-refractivity contribution >= 4 is 23.2 Å². The van der Waals surface area contributed by atoms with E-state index >= 15 is 0 Å². The fourth-order valence-corrected chi connectivity index (χ4v) is 3.39. The first kappa shape index (κ1) is 19.0. The molecule has 0 aromatic heterocycles. The number of carbonyl (C=O) groups is 2. The molecule has 0 fully saturated rings. The third-order valence-corrected chi connectivity index (χ3v) is 4.92. The molecule has 1 aliphatic heterocycles. The van der Waals surface area contributed by atoms with Gasteiger partial charge in [-0.2, -0.15) is 0 Å². The van der Waals surface area contributed by atoms with Crippen molar-refractivity contribution < 1.29 is 9.59 Å². The lowest BCUT2D eigenvalue weighted by atomic mass is 9.99. The van der Waals surface area contributed by atoms with Crippen LogP contribution in [0.15, 0.2) is 42.5 Å². The molecule has 0 spiro atoms. The molecule has 1 heterocycles. The van der Waals surface area contributed by atoms with Gasteiger partial charge in [-0.1, -0.05) is 35.4 Å². The predicted molar refractivity (Wildman–Crippen MR) is 109 cm³/mol. The third kappa shape index (κ3) is 4.88. The van der Waals surface area contributed by atoms with E-state index in [4.69, 9.17) is 0 Å². The van der Waals surface area contributed by atoms with Crippen LogP contribution in [0.1, 0.15) is 23.1 Å². The average Bonchev–Trinajstić information content (AvgIpc) is 2.63. The average molecular weight is 365 g/mol. The van der Waals surface area contributed by atoms with E-state index in [0.717, 1.165) is 36.3 Å². The lowest BCUT2D eigenvalue weighted by Crippen LogP contribution is -2.43. The normalized spacial score (nSPS) is 13.1. The molecular weight excluding hydrogens is 338 g/mol. The number of aryl methyl sites for hydroxylation is 3. The fourth-order valence-electron chi connectivity index (χ4n) is 3.39. The van der Waals surface area contributed by atoms with Crippen molar-refractivity contribution in [1.82, 2.24) is 4.90 Å². The zero-order valence-electron chi connectivity index (χ0n) is 16.3. The second-order valence-electron chi connectivity index (χ2n) is 7.32. The number of hydrogen-bond acceptors (Lipinski definition) is 3. The van der Waals surface area contributed by atoms with Crippen LogP contribution in [0, 0.1) is 13.8 Å². The number of amides is 2. The summed E-state index contributed by atoms with van der Waals surface area (Å²) in [6.07, 6.45) is 2.10. The van der Waals surface area contributed by atoms with Gasteiger partial charge in [0.05, 0.1) is 13.1 Å². The van der Waals surface area contributed by atoms with Crippen LogP contribution in [0.5, 0.6) is 0 Å². The lowest BCUT2D eigenvalue weighted by molar-refractivity contribution is -0.132. The van der Waals surface area contributed by atoms with Gasteiger partial charge in [0.1, 0.15) is 0 Å². The van der Waals surface area contributed by atoms with Gasteiger partial charge in [0.2, 0.25) is 11.8 Å². The fraction of sp³-hybridized carbons (Fsp3) is 0.364. The van der Waals surface area contributed by atoms with Crippen LogP contribution < -0.4 is 10.2 Å². The molecule has 0 atom stereocenters. The highest BCUT2D eigenvalue weighted by Gasteiger charge is 2.21. The van der Waals surface area contributed by atoms with Crippen LogP contribution >= 0.6 is 0 Å². The lowest BCUT2D eigenvalue weighted by Gasteiger charge is -2.32. The minimum Gasteiger partial charge on any atom is -0.362 e. The van der Waals surface area contributed by atoms with Crippen LogP contribution in [0.3, 0.4) is 0 Å². The summed E-state index contributed by atoms with van der Waals surface area (Å²) in [6.45, 7) is 5.29. The Morgan fingerprint density at radius 2 is 1.78 bits per heavy atom. The zero-order chi connectivity index (χ0) is 19.4. The minimum atomic E-state index is -0.190. The van der Waals surface area contributed by atoms with Crippen molar-refractivity contribution in [2.24, 2.45) is 0 Å². The first-order valence-corrected chi connectivity index (χ1v) is 9.37. The van der Waals surface area contributed by atoms with Gasteiger partial charge in [-0.25, -0.2) is 0 Å². The second-order valence-corrected chi connectivity index (χ2v) is 7.32. The van der Waals surface area contributed by atoms with Crippen molar-refractivity contribution in [2.75, 3.05) is 36.9 Å². The van der Waals surface area contributed by atoms with Gasteiger partial charge >= 0.3 is 0 Å². The van der Waals surface area contributed by atoms with Gasteiger partial charge in [-0.3, -0.25) is 9.59 Å². The van der Waals surface area contributed by atoms with E-state index in [1.807, 2.05) is 31.2 Å². The monoisotopic (exact) mass is 365 g/mol. The summed E-state index contributed by atoms with van der Waals surface area (Å²) in [5, 5.41) is 2.83. The maximum absolute atomic E-state index is 12.6. The number of fused-ring (bicyclic) bond motifs is 1. The topological polar surface area (TPSA) is 52.7 Å². The predicted octanol–water partition coefficient (Wildman–Crippen LogP) is 3.15. The van der Waals surface area contributed by atoms with E-state index in [1.54, 1.807) is 7.05 Å². The highest BCUT2D eigenvalue weighted by Crippen LogP contribution is 2.27. The molecule has 0 saturated carbocycles. The van der Waals surface area contributed by atoms with Crippen LogP contribution in [-0.4, -0.2) is 43.4 Å². The standard InChI is InChI=1S/C22H27N3O2/c1-16-6-9-19(10-7-16)23-21(26)14-24(3)22(27)15-25-12-4-5-18-13-17(2)8-11-20(18)25/h6-11,13H,4-5,12,14-15H2,1-3H3,(H,23,26). The zero-order valence-corrected chi connectivity index (χ0v) is 16.3. The van der Waals surface area contributed by atoms with Crippen molar-refractivity contribution in [3.63, 3.8) is 0 Å². The van der Waals surface area contributed by atoms with Crippen LogP contribution in [-0.2, 0) is 16.0 Å². The summed E-state index contributed by atoms with van der Waals surface area (Å²) in [6, 6.07) is 14.0. The minimum absolute atomic E-state index is 0.0430. The van der Waals surface area contributed by atoms with E-state index < -0.39 is 0 Å². The molecule has 2 aromatic carbocycles. The van der Waals surface area contributed by atoms with E-state index in [2.05, 4.69) is 35.3 Å². The number of carbonyl (C=O) groups excluding carboxylic acids is 2. The molecule has 0 radical (unpaired) electrons. The molecule has 2 aromatic rings. The van der Waals surface area contributed by atoms with Crippen molar-refractivity contribution in [3.8, 4) is 0 Å². The maximum Gasteiger partial charge on any atom is 0.243 e. The summed E-state index contributed by atoms with van der Waals surface area (Å²) < 4.78 is 0. The molecule has 27 heavy (non-hydrogen) atoms. The summed E-state index contributed by atoms with van der Waals surface area (Å²) in [7, 11) is 1.68. The van der Waals surface area contributed by atoms with E-state index in [1.165, 1.54) is 16.0 Å². The Balaban J connectivity index is 1.56. The Morgan fingerprint density at radius 3 is 2.52 bits per heavy atom. The molecule has 5 heteroatoms. The number of likely N-dealkylation sites (N-methyl/N-ethyl adjacent to an activating group) is 1. The van der Waals surface area contributed by atoms with Gasteiger partial charge in [0.25, 0.3) is 0 Å². The Labute approximate surface area is 161 Å². The number of anilines is 2. The van der Waals surface area contributed by atoms with Gasteiger partial charge in [0, 0.05) is 25.0 Å². The summed E-state index contributed by atoms with van der Waals surface area (Å²) in [4.78, 5) is 28.5. The second kappa shape index (κ2) is 8.25. The Bertz CT molecular complexity index is 830. The number of hydrogen-bond donors (Lipinski definition) is 1. The van der Waals surface area contributed by atoms with E-state index in [9.17, 15) is 9.59 Å². The largest absolute Gasteiger partial charge is 0.362 e. The van der Waals surface area contributed by atoms with Gasteiger partial charge in [-0.15, -0.1) is 0 Å². The molecule has 0 bridgehead atoms. The highest BCUT2D eigenvalue weighted by molar-refractivity contribution is 5.95. The van der Waals surface area contributed by atoms with Crippen LogP contribution in [0.25, 0.3) is 0 Å². The number of nitrogens with one attached hydrogen (secondary N) is 1. The van der Waals surface area contributed by atoms with Crippen molar-refractivity contribution in [3.05, 3.63) is 59.2 Å². The maximum atomic E-state index is 12.6. The first-order valence-electron chi connectivity index (χ1n) is 9.37. The summed E-state index contributed by atoms with van der Waals surface area (Å²) >= 11 is 0. The quantitative estimate of drug-likeness (QED) is 0.886. The van der Waals surface area contributed by atoms with Crippen LogP contribution in [0.2, 0.25) is 0 Å². The number of rotatable bonds is 5. The van der Waals surface area contributed by atoms with Crippen LogP contribution in [0.4, 0.5) is 11.4 Å². The Hall–Kier alpha value is -2.82. The molecule has 1 aliphatic rings. The van der Waals surface area contributed by atoms with E-state index in [0.29, 0.717) is 6.54 Å². The number of benzene rings is 2. The molecule has 0 unspecified atom stereocenters. The molecule has 0 saturated heterocycles. The summed E-state index contributed by atoms with van der Waals surface area (Å²) in [5.41, 5.74) is 5.56. The Kier molecular flexibility index (Phi) is 5.79. The molecule has 0 aliphatic carbocycles. The first-order chi connectivity index (χ1) is 12.9. The molecular formula is C22H27N3O2. The van der Waals surface area contributed by atoms with Gasteiger partial charge in [0.15, 0.2) is 0 Å². The van der Waals surface area contributed by atoms with Gasteiger partial charge in [-0.05, 0) is 50.5 Å². The van der Waals surface area contributed by atoms with Crippen molar-refractivity contribution in [1.29, 1.82) is 0 Å². The number of nitrogens with zero attached hydrogens (tertiary/aromatic N) is 2. The smallest absolute Gasteiger partial charge is 0.243 e. The molecule has 1 N–H and O–H groups in total. The molecule has 3 rings (SSSR count). The van der Waals surface area contributed by atoms with E-state index in [-0.39, 0.29) is 18.4 Å². The Morgan fingerprint density at radius 1 is 1.07 bits per heavy atom. The molecule has 5 nitrogen and oxygen atoms in total.